The van der Waals surface area contributed by atoms with E-state index < -0.39 is 10.9 Å². The average molecular weight is 380 g/mol. The van der Waals surface area contributed by atoms with Crippen LogP contribution in [0.4, 0.5) is 5.69 Å². The van der Waals surface area contributed by atoms with Gasteiger partial charge in [-0.3, -0.25) is 10.1 Å². The summed E-state index contributed by atoms with van der Waals surface area (Å²) in [6.07, 6.45) is 0. The Hall–Kier alpha value is -2.41. The van der Waals surface area contributed by atoms with Gasteiger partial charge in [-0.25, -0.2) is 4.79 Å². The number of ether oxygens (including phenoxy) is 2. The van der Waals surface area contributed by atoms with Gasteiger partial charge >= 0.3 is 5.97 Å². The number of halogens is 1. The fourth-order valence-corrected chi connectivity index (χ4v) is 2.16. The Morgan fingerprint density at radius 3 is 2.48 bits per heavy atom. The molecule has 23 heavy (non-hydrogen) atoms. The molecule has 0 N–H and O–H groups in total. The maximum atomic E-state index is 11.9. The number of aryl methyl sites for hydroxylation is 1. The summed E-state index contributed by atoms with van der Waals surface area (Å²) in [5, 5.41) is 10.7. The molecule has 0 atom stereocenters. The minimum atomic E-state index is -0.539. The van der Waals surface area contributed by atoms with Crippen molar-refractivity contribution < 1.29 is 19.2 Å². The van der Waals surface area contributed by atoms with Crippen LogP contribution < -0.4 is 4.74 Å². The summed E-state index contributed by atoms with van der Waals surface area (Å²) in [6.45, 7) is 1.88. The number of hydrogen-bond acceptors (Lipinski definition) is 5. The van der Waals surface area contributed by atoms with E-state index >= 15 is 0 Å². The molecule has 0 bridgehead atoms. The molecular weight excluding hydrogens is 366 g/mol. The molecule has 0 saturated carbocycles. The SMILES string of the molecule is Cc1cc(C(=O)OCCOc2ccc(Br)cc2)ccc1[N+](=O)[O-]. The van der Waals surface area contributed by atoms with E-state index in [1.807, 2.05) is 12.1 Å². The third-order valence-corrected chi connectivity index (χ3v) is 3.56. The molecule has 7 heteroatoms. The Kier molecular flexibility index (Phi) is 5.70. The van der Waals surface area contributed by atoms with Gasteiger partial charge in [0.05, 0.1) is 10.5 Å². The van der Waals surface area contributed by atoms with Crippen LogP contribution in [-0.2, 0) is 4.74 Å². The van der Waals surface area contributed by atoms with Crippen molar-refractivity contribution in [3.05, 3.63) is 68.2 Å². The Bertz CT molecular complexity index is 715. The molecule has 0 unspecified atom stereocenters. The van der Waals surface area contributed by atoms with Crippen molar-refractivity contribution in [2.45, 2.75) is 6.92 Å². The van der Waals surface area contributed by atoms with E-state index in [1.165, 1.54) is 18.2 Å². The predicted molar refractivity (Wildman–Crippen MR) is 87.8 cm³/mol. The second-order valence-electron chi connectivity index (χ2n) is 4.70. The molecule has 0 radical (unpaired) electrons. The molecule has 2 aromatic carbocycles. The van der Waals surface area contributed by atoms with Crippen LogP contribution in [0.25, 0.3) is 0 Å². The second kappa shape index (κ2) is 7.73. The van der Waals surface area contributed by atoms with Gasteiger partial charge in [-0.05, 0) is 43.3 Å². The molecule has 0 heterocycles. The fraction of sp³-hybridized carbons (Fsp3) is 0.188. The summed E-state index contributed by atoms with van der Waals surface area (Å²) in [7, 11) is 0. The minimum absolute atomic E-state index is 0.0277. The van der Waals surface area contributed by atoms with Crippen LogP contribution in [0.15, 0.2) is 46.9 Å². The van der Waals surface area contributed by atoms with Crippen LogP contribution in [0.2, 0.25) is 0 Å². The molecule has 0 fully saturated rings. The molecule has 0 saturated heterocycles. The first-order valence-electron chi connectivity index (χ1n) is 6.78. The van der Waals surface area contributed by atoms with Crippen molar-refractivity contribution in [3.63, 3.8) is 0 Å². The number of nitrogens with zero attached hydrogens (tertiary/aromatic N) is 1. The highest BCUT2D eigenvalue weighted by molar-refractivity contribution is 9.10. The van der Waals surface area contributed by atoms with Gasteiger partial charge in [0.25, 0.3) is 5.69 Å². The third kappa shape index (κ3) is 4.79. The maximum absolute atomic E-state index is 11.9. The van der Waals surface area contributed by atoms with E-state index in [2.05, 4.69) is 15.9 Å². The lowest BCUT2D eigenvalue weighted by Gasteiger charge is -2.08. The largest absolute Gasteiger partial charge is 0.490 e. The molecule has 0 aromatic heterocycles. The molecule has 0 aliphatic heterocycles. The van der Waals surface area contributed by atoms with Gasteiger partial charge in [0.1, 0.15) is 19.0 Å². The van der Waals surface area contributed by atoms with E-state index in [4.69, 9.17) is 9.47 Å². The maximum Gasteiger partial charge on any atom is 0.338 e. The zero-order chi connectivity index (χ0) is 16.8. The van der Waals surface area contributed by atoms with Crippen LogP contribution in [0.5, 0.6) is 5.75 Å². The van der Waals surface area contributed by atoms with Gasteiger partial charge < -0.3 is 9.47 Å². The Balaban J connectivity index is 1.84. The summed E-state index contributed by atoms with van der Waals surface area (Å²) >= 11 is 3.32. The van der Waals surface area contributed by atoms with E-state index in [0.717, 1.165) is 4.47 Å². The molecule has 0 aliphatic carbocycles. The van der Waals surface area contributed by atoms with Crippen molar-refractivity contribution in [2.24, 2.45) is 0 Å². The number of carbonyl (C=O) groups excluding carboxylic acids is 1. The number of esters is 1. The van der Waals surface area contributed by atoms with Crippen LogP contribution in [0, 0.1) is 17.0 Å². The topological polar surface area (TPSA) is 78.7 Å². The van der Waals surface area contributed by atoms with Crippen molar-refractivity contribution in [2.75, 3.05) is 13.2 Å². The smallest absolute Gasteiger partial charge is 0.338 e. The summed E-state index contributed by atoms with van der Waals surface area (Å²) < 4.78 is 11.5. The predicted octanol–water partition coefficient (Wildman–Crippen LogP) is 3.90. The normalized spacial score (nSPS) is 10.2. The van der Waals surface area contributed by atoms with E-state index in [0.29, 0.717) is 11.3 Å². The average Bonchev–Trinajstić information content (AvgIpc) is 2.52. The lowest BCUT2D eigenvalue weighted by atomic mass is 10.1. The van der Waals surface area contributed by atoms with Gasteiger partial charge in [0.2, 0.25) is 0 Å². The third-order valence-electron chi connectivity index (χ3n) is 3.03. The van der Waals surface area contributed by atoms with Gasteiger partial charge in [-0.15, -0.1) is 0 Å². The van der Waals surface area contributed by atoms with E-state index in [1.54, 1.807) is 19.1 Å². The molecule has 2 rings (SSSR count). The van der Waals surface area contributed by atoms with Gasteiger partial charge in [0.15, 0.2) is 0 Å². The van der Waals surface area contributed by atoms with Crippen molar-refractivity contribution in [1.82, 2.24) is 0 Å². The van der Waals surface area contributed by atoms with Gasteiger partial charge in [-0.1, -0.05) is 15.9 Å². The van der Waals surface area contributed by atoms with Crippen molar-refractivity contribution in [3.8, 4) is 5.75 Å². The van der Waals surface area contributed by atoms with Crippen LogP contribution in [0.3, 0.4) is 0 Å². The summed E-state index contributed by atoms with van der Waals surface area (Å²) in [4.78, 5) is 22.1. The Morgan fingerprint density at radius 2 is 1.87 bits per heavy atom. The molecule has 0 aliphatic rings. The molecular formula is C16H14BrNO5. The standard InChI is InChI=1S/C16H14BrNO5/c1-11-10-12(2-7-15(11)18(20)21)16(19)23-9-8-22-14-5-3-13(17)4-6-14/h2-7,10H,8-9H2,1H3. The van der Waals surface area contributed by atoms with Gasteiger partial charge in [-0.2, -0.15) is 0 Å². The summed E-state index contributed by atoms with van der Waals surface area (Å²) in [6, 6.07) is 11.4. The number of benzene rings is 2. The fourth-order valence-electron chi connectivity index (χ4n) is 1.90. The Morgan fingerprint density at radius 1 is 1.17 bits per heavy atom. The minimum Gasteiger partial charge on any atom is -0.490 e. The molecule has 2 aromatic rings. The summed E-state index contributed by atoms with van der Waals surface area (Å²) in [5.74, 6) is 0.137. The number of nitro groups is 1. The molecule has 0 spiro atoms. The lowest BCUT2D eigenvalue weighted by molar-refractivity contribution is -0.385. The first-order valence-corrected chi connectivity index (χ1v) is 7.57. The summed E-state index contributed by atoms with van der Waals surface area (Å²) in [5.41, 5.74) is 0.660. The number of carbonyl (C=O) groups is 1. The molecule has 6 nitrogen and oxygen atoms in total. The first-order chi connectivity index (χ1) is 11.0. The van der Waals surface area contributed by atoms with Gasteiger partial charge in [0, 0.05) is 16.1 Å². The first kappa shape index (κ1) is 17.0. The van der Waals surface area contributed by atoms with E-state index in [-0.39, 0.29) is 24.5 Å². The second-order valence-corrected chi connectivity index (χ2v) is 5.61. The zero-order valence-electron chi connectivity index (χ0n) is 12.3. The number of nitro benzene ring substituents is 1. The lowest BCUT2D eigenvalue weighted by Crippen LogP contribution is -2.12. The highest BCUT2D eigenvalue weighted by Crippen LogP contribution is 2.19. The van der Waals surface area contributed by atoms with Crippen molar-refractivity contribution >= 4 is 27.6 Å². The number of rotatable bonds is 6. The van der Waals surface area contributed by atoms with Crippen molar-refractivity contribution in [1.29, 1.82) is 0 Å². The number of hydrogen-bond donors (Lipinski definition) is 0. The highest BCUT2D eigenvalue weighted by Gasteiger charge is 2.14. The highest BCUT2D eigenvalue weighted by atomic mass is 79.9. The van der Waals surface area contributed by atoms with Crippen LogP contribution in [0.1, 0.15) is 15.9 Å². The van der Waals surface area contributed by atoms with Crippen LogP contribution in [-0.4, -0.2) is 24.1 Å². The molecule has 0 amide bonds. The monoisotopic (exact) mass is 379 g/mol. The van der Waals surface area contributed by atoms with E-state index in [9.17, 15) is 14.9 Å². The molecule has 120 valence electrons. The quantitative estimate of drug-likeness (QED) is 0.329. The zero-order valence-corrected chi connectivity index (χ0v) is 13.9. The van der Waals surface area contributed by atoms with Crippen LogP contribution >= 0.6 is 15.9 Å². The Labute approximate surface area is 141 Å².